The first-order valence-corrected chi connectivity index (χ1v) is 9.11. The molecule has 1 aliphatic heterocycles. The summed E-state index contributed by atoms with van der Waals surface area (Å²) in [5, 5.41) is 0. The van der Waals surface area contributed by atoms with Gasteiger partial charge in [0.05, 0.1) is 17.4 Å². The molecule has 0 aromatic heterocycles. The third kappa shape index (κ3) is 2.91. The SMILES string of the molecule is CN(Cc1ccccc1C(F)(F)F)C(=O)CN1C(=O)C2C3C=CC(C3)C2C1=O. The number of rotatable bonds is 4. The molecule has 148 valence electrons. The Balaban J connectivity index is 1.45. The van der Waals surface area contributed by atoms with Crippen LogP contribution in [0.5, 0.6) is 0 Å². The zero-order valence-corrected chi connectivity index (χ0v) is 15.1. The smallest absolute Gasteiger partial charge is 0.340 e. The Labute approximate surface area is 159 Å². The van der Waals surface area contributed by atoms with E-state index in [1.54, 1.807) is 0 Å². The number of hydrogen-bond acceptors (Lipinski definition) is 3. The Bertz CT molecular complexity index is 850. The number of imide groups is 1. The average molecular weight is 392 g/mol. The number of alkyl halides is 3. The second-order valence-electron chi connectivity index (χ2n) is 7.67. The van der Waals surface area contributed by atoms with Crippen molar-refractivity contribution >= 4 is 17.7 Å². The van der Waals surface area contributed by atoms with Crippen LogP contribution in [0, 0.1) is 23.7 Å². The first kappa shape index (κ1) is 18.7. The lowest BCUT2D eigenvalue weighted by atomic mass is 9.85. The molecular weight excluding hydrogens is 373 g/mol. The predicted octanol–water partition coefficient (Wildman–Crippen LogP) is 2.47. The molecule has 2 aliphatic carbocycles. The summed E-state index contributed by atoms with van der Waals surface area (Å²) in [7, 11) is 1.37. The van der Waals surface area contributed by atoms with Crippen molar-refractivity contribution in [3.63, 3.8) is 0 Å². The van der Waals surface area contributed by atoms with Crippen LogP contribution in [0.2, 0.25) is 0 Å². The van der Waals surface area contributed by atoms with Crippen molar-refractivity contribution in [2.75, 3.05) is 13.6 Å². The van der Waals surface area contributed by atoms with Crippen molar-refractivity contribution in [3.05, 3.63) is 47.5 Å². The summed E-state index contributed by atoms with van der Waals surface area (Å²) in [5.41, 5.74) is -0.843. The normalized spacial score (nSPS) is 28.2. The van der Waals surface area contributed by atoms with Crippen molar-refractivity contribution in [1.29, 1.82) is 0 Å². The molecule has 1 saturated carbocycles. The number of amides is 3. The molecule has 1 aromatic rings. The maximum absolute atomic E-state index is 13.1. The number of likely N-dealkylation sites (N-methyl/N-ethyl adjacent to an activating group) is 1. The lowest BCUT2D eigenvalue weighted by Crippen LogP contribution is -2.42. The molecule has 28 heavy (non-hydrogen) atoms. The molecule has 2 bridgehead atoms. The summed E-state index contributed by atoms with van der Waals surface area (Å²) in [5.74, 6) is -1.96. The fourth-order valence-corrected chi connectivity index (χ4v) is 4.65. The maximum atomic E-state index is 13.1. The minimum atomic E-state index is -4.52. The lowest BCUT2D eigenvalue weighted by molar-refractivity contribution is -0.147. The van der Waals surface area contributed by atoms with E-state index in [-0.39, 0.29) is 35.8 Å². The molecule has 4 rings (SSSR count). The zero-order valence-electron chi connectivity index (χ0n) is 15.1. The van der Waals surface area contributed by atoms with Gasteiger partial charge in [0, 0.05) is 13.6 Å². The topological polar surface area (TPSA) is 57.7 Å². The maximum Gasteiger partial charge on any atom is 0.416 e. The number of nitrogens with zero attached hydrogens (tertiary/aromatic N) is 2. The third-order valence-corrected chi connectivity index (χ3v) is 6.01. The number of halogens is 3. The van der Waals surface area contributed by atoms with Gasteiger partial charge in [0.25, 0.3) is 0 Å². The summed E-state index contributed by atoms with van der Waals surface area (Å²) in [6.07, 6.45) is 0.193. The van der Waals surface area contributed by atoms with Crippen LogP contribution in [-0.2, 0) is 27.1 Å². The van der Waals surface area contributed by atoms with Crippen LogP contribution in [0.15, 0.2) is 36.4 Å². The number of carbonyl (C=O) groups is 3. The molecule has 3 amide bonds. The highest BCUT2D eigenvalue weighted by molar-refractivity contribution is 6.08. The highest BCUT2D eigenvalue weighted by atomic mass is 19.4. The molecule has 8 heteroatoms. The van der Waals surface area contributed by atoms with Gasteiger partial charge in [-0.3, -0.25) is 19.3 Å². The minimum Gasteiger partial charge on any atom is -0.340 e. The summed E-state index contributed by atoms with van der Waals surface area (Å²) >= 11 is 0. The van der Waals surface area contributed by atoms with Crippen LogP contribution in [-0.4, -0.2) is 41.1 Å². The molecule has 5 nitrogen and oxygen atoms in total. The number of allylic oxidation sites excluding steroid dienone is 2. The van der Waals surface area contributed by atoms with Crippen molar-refractivity contribution < 1.29 is 27.6 Å². The van der Waals surface area contributed by atoms with Crippen LogP contribution < -0.4 is 0 Å². The average Bonchev–Trinajstić information content (AvgIpc) is 3.31. The van der Waals surface area contributed by atoms with Crippen LogP contribution in [0.3, 0.4) is 0 Å². The molecule has 4 unspecified atom stereocenters. The lowest BCUT2D eigenvalue weighted by Gasteiger charge is -2.23. The van der Waals surface area contributed by atoms with E-state index in [1.807, 2.05) is 12.2 Å². The van der Waals surface area contributed by atoms with E-state index in [2.05, 4.69) is 0 Å². The van der Waals surface area contributed by atoms with Crippen molar-refractivity contribution in [1.82, 2.24) is 9.80 Å². The fraction of sp³-hybridized carbons (Fsp3) is 0.450. The van der Waals surface area contributed by atoms with E-state index in [1.165, 1.54) is 25.2 Å². The second kappa shape index (κ2) is 6.46. The van der Waals surface area contributed by atoms with Crippen LogP contribution in [0.25, 0.3) is 0 Å². The van der Waals surface area contributed by atoms with Crippen LogP contribution in [0.4, 0.5) is 13.2 Å². The predicted molar refractivity (Wildman–Crippen MR) is 92.4 cm³/mol. The van der Waals surface area contributed by atoms with E-state index < -0.39 is 36.0 Å². The standard InChI is InChI=1S/C20H19F3N2O3/c1-24(9-13-4-2-3-5-14(13)20(21,22)23)15(26)10-25-18(27)16-11-6-7-12(8-11)17(16)19(25)28/h2-7,11-12,16-17H,8-10H2,1H3. The Morgan fingerprint density at radius 2 is 1.68 bits per heavy atom. The number of likely N-dealkylation sites (tertiary alicyclic amines) is 1. The summed E-state index contributed by atoms with van der Waals surface area (Å²) in [6, 6.07) is 5.04. The number of carbonyl (C=O) groups excluding carboxylic acids is 3. The molecule has 4 atom stereocenters. The van der Waals surface area contributed by atoms with E-state index in [9.17, 15) is 27.6 Å². The summed E-state index contributed by atoms with van der Waals surface area (Å²) in [4.78, 5) is 39.9. The van der Waals surface area contributed by atoms with E-state index in [4.69, 9.17) is 0 Å². The molecule has 2 fully saturated rings. The van der Waals surface area contributed by atoms with Crippen molar-refractivity contribution in [3.8, 4) is 0 Å². The zero-order chi connectivity index (χ0) is 20.2. The van der Waals surface area contributed by atoms with Crippen molar-refractivity contribution in [2.24, 2.45) is 23.7 Å². The monoisotopic (exact) mass is 392 g/mol. The Morgan fingerprint density at radius 3 is 2.25 bits per heavy atom. The summed E-state index contributed by atoms with van der Waals surface area (Å²) < 4.78 is 39.4. The van der Waals surface area contributed by atoms with Gasteiger partial charge >= 0.3 is 6.18 Å². The highest BCUT2D eigenvalue weighted by Gasteiger charge is 2.59. The van der Waals surface area contributed by atoms with Crippen LogP contribution in [0.1, 0.15) is 17.5 Å². The van der Waals surface area contributed by atoms with Gasteiger partial charge in [-0.25, -0.2) is 0 Å². The van der Waals surface area contributed by atoms with Gasteiger partial charge in [-0.1, -0.05) is 30.4 Å². The quantitative estimate of drug-likeness (QED) is 0.584. The Morgan fingerprint density at radius 1 is 1.11 bits per heavy atom. The fourth-order valence-electron chi connectivity index (χ4n) is 4.65. The van der Waals surface area contributed by atoms with Gasteiger partial charge in [0.15, 0.2) is 0 Å². The Kier molecular flexibility index (Phi) is 4.32. The molecule has 0 spiro atoms. The van der Waals surface area contributed by atoms with Gasteiger partial charge in [-0.2, -0.15) is 13.2 Å². The molecule has 3 aliphatic rings. The van der Waals surface area contributed by atoms with E-state index >= 15 is 0 Å². The summed E-state index contributed by atoms with van der Waals surface area (Å²) in [6.45, 7) is -0.695. The first-order valence-electron chi connectivity index (χ1n) is 9.11. The van der Waals surface area contributed by atoms with Gasteiger partial charge in [-0.15, -0.1) is 0 Å². The minimum absolute atomic E-state index is 0.0379. The molecule has 1 aromatic carbocycles. The first-order chi connectivity index (χ1) is 13.2. The van der Waals surface area contributed by atoms with Gasteiger partial charge in [0.2, 0.25) is 17.7 Å². The number of fused-ring (bicyclic) bond motifs is 5. The van der Waals surface area contributed by atoms with Gasteiger partial charge in [0.1, 0.15) is 6.54 Å². The number of hydrogen-bond donors (Lipinski definition) is 0. The molecule has 0 radical (unpaired) electrons. The van der Waals surface area contributed by atoms with Crippen molar-refractivity contribution in [2.45, 2.75) is 19.1 Å². The Hall–Kier alpha value is -2.64. The number of benzene rings is 1. The second-order valence-corrected chi connectivity index (χ2v) is 7.67. The highest BCUT2D eigenvalue weighted by Crippen LogP contribution is 2.52. The van der Waals surface area contributed by atoms with E-state index in [0.29, 0.717) is 0 Å². The molecule has 0 N–H and O–H groups in total. The van der Waals surface area contributed by atoms with Gasteiger partial charge in [-0.05, 0) is 29.9 Å². The van der Waals surface area contributed by atoms with Gasteiger partial charge < -0.3 is 4.90 Å². The van der Waals surface area contributed by atoms with E-state index in [0.717, 1.165) is 22.3 Å². The molecular formula is C20H19F3N2O3. The molecule has 1 heterocycles. The third-order valence-electron chi connectivity index (χ3n) is 6.01. The van der Waals surface area contributed by atoms with Crippen LogP contribution >= 0.6 is 0 Å². The molecule has 1 saturated heterocycles. The largest absolute Gasteiger partial charge is 0.416 e.